The van der Waals surface area contributed by atoms with Crippen LogP contribution in [-0.4, -0.2) is 57.8 Å². The lowest BCUT2D eigenvalue weighted by atomic mass is 10.2. The predicted molar refractivity (Wildman–Crippen MR) is 94.1 cm³/mol. The van der Waals surface area contributed by atoms with Gasteiger partial charge in [0.25, 0.3) is 0 Å². The number of urea groups is 1. The van der Waals surface area contributed by atoms with E-state index in [9.17, 15) is 4.79 Å². The maximum absolute atomic E-state index is 12.7. The lowest BCUT2D eigenvalue weighted by Gasteiger charge is -2.28. The van der Waals surface area contributed by atoms with Gasteiger partial charge < -0.3 is 15.1 Å². The molecule has 2 amide bonds. The smallest absolute Gasteiger partial charge is 0.320 e. The second-order valence-electron chi connectivity index (χ2n) is 7.71. The van der Waals surface area contributed by atoms with Crippen LogP contribution >= 0.6 is 0 Å². The van der Waals surface area contributed by atoms with Gasteiger partial charge in [0.1, 0.15) is 0 Å². The zero-order valence-corrected chi connectivity index (χ0v) is 14.7. The average Bonchev–Trinajstić information content (AvgIpc) is 2.97. The Labute approximate surface area is 144 Å². The van der Waals surface area contributed by atoms with E-state index in [2.05, 4.69) is 22.2 Å². The van der Waals surface area contributed by atoms with Crippen LogP contribution in [0, 0.1) is 5.92 Å². The molecule has 6 nitrogen and oxygen atoms in total. The molecule has 1 aromatic rings. The number of rotatable bonds is 5. The van der Waals surface area contributed by atoms with Crippen molar-refractivity contribution in [2.45, 2.75) is 57.5 Å². The second kappa shape index (κ2) is 6.75. The van der Waals surface area contributed by atoms with Gasteiger partial charge >= 0.3 is 6.03 Å². The first-order chi connectivity index (χ1) is 11.7. The summed E-state index contributed by atoms with van der Waals surface area (Å²) in [6, 6.07) is 0.837. The van der Waals surface area contributed by atoms with Crippen LogP contribution in [-0.2, 0) is 0 Å². The molecule has 0 spiro atoms. The highest BCUT2D eigenvalue weighted by Gasteiger charge is 2.32. The predicted octanol–water partition coefficient (Wildman–Crippen LogP) is 2.95. The number of hydrogen-bond acceptors (Lipinski definition) is 3. The molecule has 3 aliphatic rings. The quantitative estimate of drug-likeness (QED) is 0.902. The van der Waals surface area contributed by atoms with Crippen LogP contribution in [0.25, 0.3) is 0 Å². The van der Waals surface area contributed by atoms with Crippen molar-refractivity contribution in [3.8, 4) is 0 Å². The largest absolute Gasteiger partial charge is 0.322 e. The third kappa shape index (κ3) is 3.43. The molecule has 0 unspecified atom stereocenters. The molecule has 0 aromatic carbocycles. The Morgan fingerprint density at radius 3 is 2.79 bits per heavy atom. The Bertz CT molecular complexity index is 576. The summed E-state index contributed by atoms with van der Waals surface area (Å²) in [4.78, 5) is 17.2. The van der Waals surface area contributed by atoms with E-state index in [4.69, 9.17) is 0 Å². The van der Waals surface area contributed by atoms with Gasteiger partial charge in [0, 0.05) is 25.3 Å². The highest BCUT2D eigenvalue weighted by atomic mass is 16.2. The third-order valence-corrected chi connectivity index (χ3v) is 5.88. The number of hydrogen-bond donors (Lipinski definition) is 1. The van der Waals surface area contributed by atoms with Gasteiger partial charge in [-0.25, -0.2) is 4.79 Å². The van der Waals surface area contributed by atoms with Crippen molar-refractivity contribution in [1.29, 1.82) is 0 Å². The van der Waals surface area contributed by atoms with Crippen molar-refractivity contribution >= 4 is 11.7 Å². The summed E-state index contributed by atoms with van der Waals surface area (Å²) in [5, 5.41) is 7.49. The molecule has 24 heavy (non-hydrogen) atoms. The highest BCUT2D eigenvalue weighted by Crippen LogP contribution is 2.39. The number of carbonyl (C=O) groups is 1. The third-order valence-electron chi connectivity index (χ3n) is 5.88. The molecule has 4 rings (SSSR count). The summed E-state index contributed by atoms with van der Waals surface area (Å²) >= 11 is 0. The Morgan fingerprint density at radius 1 is 1.25 bits per heavy atom. The van der Waals surface area contributed by atoms with Gasteiger partial charge in [-0.1, -0.05) is 0 Å². The number of likely N-dealkylation sites (tertiary alicyclic amines) is 2. The molecule has 2 saturated heterocycles. The maximum atomic E-state index is 12.7. The molecule has 1 aromatic heterocycles. The van der Waals surface area contributed by atoms with Crippen LogP contribution in [0.5, 0.6) is 0 Å². The summed E-state index contributed by atoms with van der Waals surface area (Å²) in [5.74, 6) is 0.761. The van der Waals surface area contributed by atoms with Gasteiger partial charge in [0.2, 0.25) is 0 Å². The van der Waals surface area contributed by atoms with Gasteiger partial charge in [-0.15, -0.1) is 0 Å². The van der Waals surface area contributed by atoms with Gasteiger partial charge in [0.15, 0.2) is 0 Å². The highest BCUT2D eigenvalue weighted by molar-refractivity contribution is 5.89. The van der Waals surface area contributed by atoms with Crippen LogP contribution in [0.1, 0.15) is 51.5 Å². The number of nitrogens with zero attached hydrogens (tertiary/aromatic N) is 4. The van der Waals surface area contributed by atoms with Crippen molar-refractivity contribution in [2.75, 3.05) is 31.5 Å². The summed E-state index contributed by atoms with van der Waals surface area (Å²) in [6.45, 7) is 6.50. The van der Waals surface area contributed by atoms with Crippen LogP contribution in [0.3, 0.4) is 0 Å². The minimum atomic E-state index is 0.0373. The first-order valence-corrected chi connectivity index (χ1v) is 9.55. The number of carbonyl (C=O) groups excluding carboxylic acids is 1. The van der Waals surface area contributed by atoms with Crippen molar-refractivity contribution in [1.82, 2.24) is 19.6 Å². The monoisotopic (exact) mass is 331 g/mol. The Balaban J connectivity index is 1.34. The number of nitrogens with one attached hydrogen (secondary N) is 1. The van der Waals surface area contributed by atoms with Crippen LogP contribution in [0.2, 0.25) is 0 Å². The van der Waals surface area contributed by atoms with E-state index in [1.54, 1.807) is 6.20 Å². The fourth-order valence-corrected chi connectivity index (χ4v) is 4.17. The average molecular weight is 331 g/mol. The van der Waals surface area contributed by atoms with E-state index in [0.29, 0.717) is 12.1 Å². The van der Waals surface area contributed by atoms with E-state index < -0.39 is 0 Å². The molecule has 0 bridgehead atoms. The molecule has 6 heteroatoms. The molecular weight excluding hydrogens is 302 g/mol. The lowest BCUT2D eigenvalue weighted by molar-refractivity contribution is 0.186. The fraction of sp³-hybridized carbons (Fsp3) is 0.778. The van der Waals surface area contributed by atoms with Crippen molar-refractivity contribution < 1.29 is 4.79 Å². The SMILES string of the molecule is C[C@H](C1CC1)n1cc(NC(=O)N2CCC[C@H]2CN2CCCC2)cn1. The molecule has 1 aliphatic carbocycles. The minimum absolute atomic E-state index is 0.0373. The topological polar surface area (TPSA) is 53.4 Å². The van der Waals surface area contributed by atoms with Gasteiger partial charge in [0.05, 0.1) is 17.9 Å². The van der Waals surface area contributed by atoms with Gasteiger partial charge in [-0.3, -0.25) is 4.68 Å². The molecule has 2 atom stereocenters. The van der Waals surface area contributed by atoms with Crippen molar-refractivity contribution in [2.24, 2.45) is 5.92 Å². The summed E-state index contributed by atoms with van der Waals surface area (Å²) in [7, 11) is 0. The molecular formula is C18H29N5O. The first kappa shape index (κ1) is 15.9. The van der Waals surface area contributed by atoms with Gasteiger partial charge in [-0.2, -0.15) is 5.10 Å². The van der Waals surface area contributed by atoms with E-state index in [-0.39, 0.29) is 6.03 Å². The summed E-state index contributed by atoms with van der Waals surface area (Å²) in [5.41, 5.74) is 0.819. The zero-order valence-electron chi connectivity index (χ0n) is 14.7. The second-order valence-corrected chi connectivity index (χ2v) is 7.71. The number of anilines is 1. The number of amides is 2. The van der Waals surface area contributed by atoms with Crippen molar-refractivity contribution in [3.05, 3.63) is 12.4 Å². The van der Waals surface area contributed by atoms with Crippen LogP contribution in [0.15, 0.2) is 12.4 Å². The Hall–Kier alpha value is -1.56. The van der Waals surface area contributed by atoms with Gasteiger partial charge in [-0.05, 0) is 64.5 Å². The van der Waals surface area contributed by atoms with E-state index >= 15 is 0 Å². The normalized spacial score (nSPS) is 26.0. The Morgan fingerprint density at radius 2 is 2.04 bits per heavy atom. The minimum Gasteiger partial charge on any atom is -0.320 e. The molecule has 132 valence electrons. The van der Waals surface area contributed by atoms with E-state index in [0.717, 1.165) is 37.5 Å². The Kier molecular flexibility index (Phi) is 4.48. The molecule has 3 fully saturated rings. The molecule has 2 aliphatic heterocycles. The molecule has 3 heterocycles. The van der Waals surface area contributed by atoms with E-state index in [1.165, 1.54) is 38.8 Å². The molecule has 1 saturated carbocycles. The number of aromatic nitrogens is 2. The maximum Gasteiger partial charge on any atom is 0.322 e. The van der Waals surface area contributed by atoms with E-state index in [1.807, 2.05) is 15.8 Å². The summed E-state index contributed by atoms with van der Waals surface area (Å²) in [6.07, 6.45) is 11.2. The molecule has 0 radical (unpaired) electrons. The fourth-order valence-electron chi connectivity index (χ4n) is 4.17. The van der Waals surface area contributed by atoms with Crippen LogP contribution in [0.4, 0.5) is 10.5 Å². The lowest BCUT2D eigenvalue weighted by Crippen LogP contribution is -2.44. The zero-order chi connectivity index (χ0) is 16.5. The molecule has 1 N–H and O–H groups in total. The first-order valence-electron chi connectivity index (χ1n) is 9.55. The van der Waals surface area contributed by atoms with Crippen LogP contribution < -0.4 is 5.32 Å². The van der Waals surface area contributed by atoms with Crippen molar-refractivity contribution in [3.63, 3.8) is 0 Å². The summed E-state index contributed by atoms with van der Waals surface area (Å²) < 4.78 is 2.00. The standard InChI is InChI=1S/C18H29N5O/c1-14(15-6-7-15)23-12-16(11-19-23)20-18(24)22-10-4-5-17(22)13-21-8-2-3-9-21/h11-12,14-15,17H,2-10,13H2,1H3,(H,20,24)/t14-,17+/m1/s1.